The molecule has 26 heavy (non-hydrogen) atoms. The third-order valence-electron chi connectivity index (χ3n) is 3.85. The minimum atomic E-state index is -2.53. The van der Waals surface area contributed by atoms with E-state index < -0.39 is 7.37 Å². The average molecular weight is 376 g/mol. The molecular weight excluding hydrogens is 343 g/mol. The summed E-state index contributed by atoms with van der Waals surface area (Å²) < 4.78 is 22.9. The minimum Gasteiger partial charge on any atom is -0.491 e. The van der Waals surface area contributed by atoms with Crippen molar-refractivity contribution in [3.63, 3.8) is 0 Å². The van der Waals surface area contributed by atoms with Crippen LogP contribution in [-0.2, 0) is 9.98 Å². The molecule has 0 unspecified atom stereocenters. The van der Waals surface area contributed by atoms with Crippen LogP contribution in [0.25, 0.3) is 0 Å². The Labute approximate surface area is 159 Å². The number of hydrogen-bond acceptors (Lipinski definition) is 3. The van der Waals surface area contributed by atoms with Crippen molar-refractivity contribution >= 4 is 7.37 Å². The molecule has 4 heteroatoms. The van der Waals surface area contributed by atoms with E-state index in [4.69, 9.17) is 9.26 Å². The van der Waals surface area contributed by atoms with Crippen molar-refractivity contribution in [2.75, 3.05) is 13.3 Å². The SMILES string of the molecule is CC.CC(C)Oc1ccc(C(C)(C)c2ccc(OP(C)(C)=O)cc2)cc1. The van der Waals surface area contributed by atoms with Gasteiger partial charge in [-0.3, -0.25) is 4.57 Å². The number of benzene rings is 2. The normalized spacial score (nSPS) is 11.6. The van der Waals surface area contributed by atoms with Crippen LogP contribution in [0.1, 0.15) is 52.7 Å². The van der Waals surface area contributed by atoms with Gasteiger partial charge in [-0.1, -0.05) is 52.0 Å². The lowest BCUT2D eigenvalue weighted by Crippen LogP contribution is -2.18. The number of hydrogen-bond donors (Lipinski definition) is 0. The van der Waals surface area contributed by atoms with Crippen molar-refractivity contribution < 1.29 is 13.8 Å². The van der Waals surface area contributed by atoms with Crippen molar-refractivity contribution in [1.82, 2.24) is 0 Å². The van der Waals surface area contributed by atoms with Crippen molar-refractivity contribution in [2.24, 2.45) is 0 Å². The first-order valence-corrected chi connectivity index (χ1v) is 11.7. The van der Waals surface area contributed by atoms with Gasteiger partial charge in [0.15, 0.2) is 0 Å². The quantitative estimate of drug-likeness (QED) is 0.524. The van der Waals surface area contributed by atoms with E-state index in [1.54, 1.807) is 13.3 Å². The van der Waals surface area contributed by atoms with Crippen LogP contribution in [-0.4, -0.2) is 19.4 Å². The second-order valence-electron chi connectivity index (χ2n) is 7.18. The van der Waals surface area contributed by atoms with Crippen LogP contribution in [0.5, 0.6) is 11.5 Å². The molecule has 0 N–H and O–H groups in total. The van der Waals surface area contributed by atoms with Crippen LogP contribution < -0.4 is 9.26 Å². The van der Waals surface area contributed by atoms with Crippen LogP contribution in [0.2, 0.25) is 0 Å². The molecule has 0 fully saturated rings. The monoisotopic (exact) mass is 376 g/mol. The van der Waals surface area contributed by atoms with E-state index in [1.807, 2.05) is 64.1 Å². The highest BCUT2D eigenvalue weighted by Crippen LogP contribution is 2.40. The Hall–Kier alpha value is -1.73. The second kappa shape index (κ2) is 9.28. The van der Waals surface area contributed by atoms with Gasteiger partial charge >= 0.3 is 0 Å². The first-order chi connectivity index (χ1) is 12.1. The van der Waals surface area contributed by atoms with Gasteiger partial charge in [-0.2, -0.15) is 0 Å². The van der Waals surface area contributed by atoms with E-state index in [0.717, 1.165) is 5.75 Å². The van der Waals surface area contributed by atoms with Crippen molar-refractivity contribution in [1.29, 1.82) is 0 Å². The van der Waals surface area contributed by atoms with E-state index in [1.165, 1.54) is 11.1 Å². The Bertz CT molecular complexity index is 710. The molecule has 0 saturated carbocycles. The van der Waals surface area contributed by atoms with Gasteiger partial charge in [-0.25, -0.2) is 0 Å². The van der Waals surface area contributed by atoms with E-state index in [-0.39, 0.29) is 11.5 Å². The zero-order chi connectivity index (χ0) is 20.0. The summed E-state index contributed by atoms with van der Waals surface area (Å²) in [6, 6.07) is 16.1. The maximum Gasteiger partial charge on any atom is 0.242 e. The van der Waals surface area contributed by atoms with Gasteiger partial charge in [0, 0.05) is 18.7 Å². The van der Waals surface area contributed by atoms with Crippen LogP contribution in [0.4, 0.5) is 0 Å². The molecule has 0 amide bonds. The summed E-state index contributed by atoms with van der Waals surface area (Å²) in [7, 11) is -2.53. The summed E-state index contributed by atoms with van der Waals surface area (Å²) in [6.07, 6.45) is 0.171. The molecule has 144 valence electrons. The largest absolute Gasteiger partial charge is 0.491 e. The molecular formula is C22H33O3P. The van der Waals surface area contributed by atoms with Gasteiger partial charge in [0.25, 0.3) is 0 Å². The van der Waals surface area contributed by atoms with Crippen LogP contribution in [0.3, 0.4) is 0 Å². The minimum absolute atomic E-state index is 0.142. The molecule has 0 aliphatic rings. The average Bonchev–Trinajstić information content (AvgIpc) is 2.56. The number of ether oxygens (including phenoxy) is 1. The van der Waals surface area contributed by atoms with E-state index in [0.29, 0.717) is 5.75 Å². The highest BCUT2D eigenvalue weighted by Gasteiger charge is 2.23. The van der Waals surface area contributed by atoms with E-state index in [9.17, 15) is 4.57 Å². The first kappa shape index (κ1) is 22.3. The topological polar surface area (TPSA) is 35.5 Å². The maximum atomic E-state index is 11.8. The summed E-state index contributed by atoms with van der Waals surface area (Å²) in [5.41, 5.74) is 2.25. The van der Waals surface area contributed by atoms with Gasteiger partial charge in [-0.05, 0) is 49.2 Å². The smallest absolute Gasteiger partial charge is 0.242 e. The third-order valence-corrected chi connectivity index (χ3v) is 4.50. The first-order valence-electron chi connectivity index (χ1n) is 9.20. The lowest BCUT2D eigenvalue weighted by molar-refractivity contribution is 0.242. The van der Waals surface area contributed by atoms with Crippen molar-refractivity contribution in [2.45, 2.75) is 53.1 Å². The molecule has 0 atom stereocenters. The molecule has 2 aromatic carbocycles. The maximum absolute atomic E-state index is 11.8. The molecule has 0 aliphatic heterocycles. The van der Waals surface area contributed by atoms with Crippen LogP contribution in [0, 0.1) is 0 Å². The molecule has 0 aromatic heterocycles. The lowest BCUT2D eigenvalue weighted by atomic mass is 9.78. The fraction of sp³-hybridized carbons (Fsp3) is 0.455. The Morgan fingerprint density at radius 2 is 1.19 bits per heavy atom. The lowest BCUT2D eigenvalue weighted by Gasteiger charge is -2.26. The molecule has 0 bridgehead atoms. The third kappa shape index (κ3) is 6.53. The Morgan fingerprint density at radius 1 is 0.808 bits per heavy atom. The second-order valence-corrected chi connectivity index (χ2v) is 9.87. The summed E-state index contributed by atoms with van der Waals surface area (Å²) in [5, 5.41) is 0. The van der Waals surface area contributed by atoms with Crippen LogP contribution in [0.15, 0.2) is 48.5 Å². The molecule has 0 radical (unpaired) electrons. The predicted octanol–water partition coefficient (Wildman–Crippen LogP) is 6.74. The van der Waals surface area contributed by atoms with Gasteiger partial charge in [0.2, 0.25) is 7.37 Å². The van der Waals surface area contributed by atoms with E-state index >= 15 is 0 Å². The zero-order valence-corrected chi connectivity index (χ0v) is 18.3. The molecule has 0 spiro atoms. The van der Waals surface area contributed by atoms with Gasteiger partial charge in [0.1, 0.15) is 11.5 Å². The summed E-state index contributed by atoms with van der Waals surface area (Å²) in [6.45, 7) is 15.6. The van der Waals surface area contributed by atoms with Crippen LogP contribution >= 0.6 is 7.37 Å². The summed E-state index contributed by atoms with van der Waals surface area (Å²) in [4.78, 5) is 0. The Balaban J connectivity index is 0.00000163. The highest BCUT2D eigenvalue weighted by molar-refractivity contribution is 7.57. The predicted molar refractivity (Wildman–Crippen MR) is 112 cm³/mol. The Kier molecular flexibility index (Phi) is 7.96. The molecule has 2 rings (SSSR count). The summed E-state index contributed by atoms with van der Waals surface area (Å²) >= 11 is 0. The standard InChI is InChI=1S/C20H27O3P.C2H6/c1-15(2)22-18-11-7-16(8-12-18)20(3,4)17-9-13-19(14-10-17)23-24(5,6)21;1-2/h7-15H,1-6H3;1-2H3. The van der Waals surface area contributed by atoms with Gasteiger partial charge < -0.3 is 9.26 Å². The van der Waals surface area contributed by atoms with Crippen molar-refractivity contribution in [3.05, 3.63) is 59.7 Å². The molecule has 2 aromatic rings. The summed E-state index contributed by atoms with van der Waals surface area (Å²) in [5.74, 6) is 1.53. The highest BCUT2D eigenvalue weighted by atomic mass is 31.2. The van der Waals surface area contributed by atoms with Gasteiger partial charge in [-0.15, -0.1) is 0 Å². The number of rotatable bonds is 6. The molecule has 0 heterocycles. The van der Waals surface area contributed by atoms with Crippen molar-refractivity contribution in [3.8, 4) is 11.5 Å². The fourth-order valence-electron chi connectivity index (χ4n) is 2.58. The zero-order valence-electron chi connectivity index (χ0n) is 17.4. The van der Waals surface area contributed by atoms with Gasteiger partial charge in [0.05, 0.1) is 6.10 Å². The Morgan fingerprint density at radius 3 is 1.54 bits per heavy atom. The molecule has 3 nitrogen and oxygen atoms in total. The molecule has 0 aliphatic carbocycles. The fourth-order valence-corrected chi connectivity index (χ4v) is 3.20. The molecule has 0 saturated heterocycles. The van der Waals surface area contributed by atoms with E-state index in [2.05, 4.69) is 26.0 Å².